The molecule has 1 heterocycles. The largest absolute Gasteiger partial charge is 0.479 e. The average Bonchev–Trinajstić information content (AvgIpc) is 2.50. The summed E-state index contributed by atoms with van der Waals surface area (Å²) in [6.07, 6.45) is -1.76. The van der Waals surface area contributed by atoms with Crippen LogP contribution in [0.5, 0.6) is 0 Å². The van der Waals surface area contributed by atoms with Crippen LogP contribution in [0, 0.1) is 0 Å². The third-order valence-corrected chi connectivity index (χ3v) is 3.82. The van der Waals surface area contributed by atoms with Crippen LogP contribution in [-0.4, -0.2) is 56.6 Å². The summed E-state index contributed by atoms with van der Waals surface area (Å²) in [5.41, 5.74) is -1.10. The lowest BCUT2D eigenvalue weighted by Crippen LogP contribution is -2.48. The van der Waals surface area contributed by atoms with Crippen LogP contribution in [0.25, 0.3) is 0 Å². The minimum atomic E-state index is -1.14. The van der Waals surface area contributed by atoms with E-state index < -0.39 is 29.9 Å². The van der Waals surface area contributed by atoms with Gasteiger partial charge in [0.2, 0.25) is 0 Å². The summed E-state index contributed by atoms with van der Waals surface area (Å²) in [7, 11) is 0. The number of carboxylic acid groups (broad SMARTS) is 2. The fourth-order valence-corrected chi connectivity index (χ4v) is 2.89. The molecule has 0 saturated carbocycles. The Hall–Kier alpha value is -0.950. The van der Waals surface area contributed by atoms with Crippen LogP contribution >= 0.6 is 11.8 Å². The standard InChI is InChI=1S/C11H19NO5S/c1-4-18-6-5-7-8(9(13)14)17-11(2,3)12(7)10(15)16/h7-8H,4-6H2,1-3H3,(H,13,14)(H,15,16)/t7-,8?/m1/s1. The molecule has 0 aliphatic carbocycles. The van der Waals surface area contributed by atoms with Crippen molar-refractivity contribution in [3.8, 4) is 0 Å². The lowest BCUT2D eigenvalue weighted by molar-refractivity contribution is -0.154. The summed E-state index contributed by atoms with van der Waals surface area (Å²) in [6, 6.07) is -0.631. The molecule has 1 saturated heterocycles. The summed E-state index contributed by atoms with van der Waals surface area (Å²) in [5.74, 6) is 0.522. The minimum absolute atomic E-state index is 0.477. The van der Waals surface area contributed by atoms with E-state index in [1.54, 1.807) is 25.6 Å². The second kappa shape index (κ2) is 5.79. The number of hydrogen-bond donors (Lipinski definition) is 2. The normalized spacial score (nSPS) is 26.3. The van der Waals surface area contributed by atoms with E-state index in [9.17, 15) is 14.7 Å². The summed E-state index contributed by atoms with van der Waals surface area (Å²) >= 11 is 1.65. The molecule has 2 atom stereocenters. The highest BCUT2D eigenvalue weighted by Gasteiger charge is 2.52. The van der Waals surface area contributed by atoms with Crippen molar-refractivity contribution in [3.63, 3.8) is 0 Å². The second-order valence-corrected chi connectivity index (χ2v) is 5.92. The van der Waals surface area contributed by atoms with E-state index in [0.29, 0.717) is 12.2 Å². The van der Waals surface area contributed by atoms with Crippen LogP contribution in [0.3, 0.4) is 0 Å². The quantitative estimate of drug-likeness (QED) is 0.744. The Balaban J connectivity index is 2.88. The van der Waals surface area contributed by atoms with Gasteiger partial charge < -0.3 is 14.9 Å². The van der Waals surface area contributed by atoms with Gasteiger partial charge in [-0.15, -0.1) is 0 Å². The third-order valence-electron chi connectivity index (χ3n) is 2.89. The van der Waals surface area contributed by atoms with Crippen LogP contribution in [0.1, 0.15) is 27.2 Å². The molecule has 18 heavy (non-hydrogen) atoms. The molecule has 1 aliphatic heterocycles. The SMILES string of the molecule is CCSCC[C@@H]1C(C(=O)O)OC(C)(C)N1C(=O)O. The number of ether oxygens (including phenoxy) is 1. The lowest BCUT2D eigenvalue weighted by atomic mass is 10.1. The predicted molar refractivity (Wildman–Crippen MR) is 67.9 cm³/mol. The van der Waals surface area contributed by atoms with Crippen molar-refractivity contribution >= 4 is 23.8 Å². The Morgan fingerprint density at radius 2 is 2.00 bits per heavy atom. The minimum Gasteiger partial charge on any atom is -0.479 e. The van der Waals surface area contributed by atoms with Gasteiger partial charge in [0.15, 0.2) is 6.10 Å². The number of nitrogens with zero attached hydrogens (tertiary/aromatic N) is 1. The molecule has 0 aromatic rings. The molecule has 0 spiro atoms. The molecule has 2 N–H and O–H groups in total. The zero-order valence-electron chi connectivity index (χ0n) is 10.8. The molecule has 1 rings (SSSR count). The molecule has 1 fully saturated rings. The Bertz CT molecular complexity index is 333. The first-order valence-electron chi connectivity index (χ1n) is 5.82. The van der Waals surface area contributed by atoms with Crippen molar-refractivity contribution in [3.05, 3.63) is 0 Å². The molecule has 1 aliphatic rings. The Labute approximate surface area is 110 Å². The van der Waals surface area contributed by atoms with Crippen LogP contribution in [-0.2, 0) is 9.53 Å². The van der Waals surface area contributed by atoms with Crippen LogP contribution in [0.15, 0.2) is 0 Å². The van der Waals surface area contributed by atoms with E-state index in [1.165, 1.54) is 0 Å². The van der Waals surface area contributed by atoms with Gasteiger partial charge in [-0.25, -0.2) is 9.59 Å². The van der Waals surface area contributed by atoms with E-state index in [4.69, 9.17) is 9.84 Å². The molecule has 1 unspecified atom stereocenters. The summed E-state index contributed by atoms with van der Waals surface area (Å²) in [4.78, 5) is 23.5. The monoisotopic (exact) mass is 277 g/mol. The van der Waals surface area contributed by atoms with Crippen molar-refractivity contribution in [2.24, 2.45) is 0 Å². The lowest BCUT2D eigenvalue weighted by Gasteiger charge is -2.30. The first-order chi connectivity index (χ1) is 8.31. The third kappa shape index (κ3) is 3.08. The number of carbonyl (C=O) groups is 2. The molecule has 0 aromatic carbocycles. The van der Waals surface area contributed by atoms with Gasteiger partial charge in [-0.3, -0.25) is 4.90 Å². The summed E-state index contributed by atoms with van der Waals surface area (Å²) < 4.78 is 5.36. The number of thioether (sulfide) groups is 1. The average molecular weight is 277 g/mol. The number of hydrogen-bond acceptors (Lipinski definition) is 4. The van der Waals surface area contributed by atoms with Crippen molar-refractivity contribution in [2.45, 2.75) is 45.1 Å². The second-order valence-electron chi connectivity index (χ2n) is 4.53. The maximum Gasteiger partial charge on any atom is 0.409 e. The molecular formula is C11H19NO5S. The smallest absolute Gasteiger partial charge is 0.409 e. The van der Waals surface area contributed by atoms with E-state index in [0.717, 1.165) is 10.7 Å². The fourth-order valence-electron chi connectivity index (χ4n) is 2.20. The van der Waals surface area contributed by atoms with Crippen molar-refractivity contribution in [2.75, 3.05) is 11.5 Å². The van der Waals surface area contributed by atoms with Crippen LogP contribution in [0.4, 0.5) is 4.79 Å². The zero-order chi connectivity index (χ0) is 13.9. The summed E-state index contributed by atoms with van der Waals surface area (Å²) in [5, 5.41) is 18.3. The molecule has 0 radical (unpaired) electrons. The first kappa shape index (κ1) is 15.1. The summed E-state index contributed by atoms with van der Waals surface area (Å²) in [6.45, 7) is 5.15. The molecule has 7 heteroatoms. The van der Waals surface area contributed by atoms with E-state index >= 15 is 0 Å². The highest BCUT2D eigenvalue weighted by atomic mass is 32.2. The molecule has 0 bridgehead atoms. The maximum absolute atomic E-state index is 11.3. The van der Waals surface area contributed by atoms with Gasteiger partial charge in [0.05, 0.1) is 6.04 Å². The van der Waals surface area contributed by atoms with Gasteiger partial charge in [0.1, 0.15) is 5.72 Å². The van der Waals surface area contributed by atoms with E-state index in [-0.39, 0.29) is 0 Å². The molecule has 0 aromatic heterocycles. The first-order valence-corrected chi connectivity index (χ1v) is 6.97. The zero-order valence-corrected chi connectivity index (χ0v) is 11.6. The fraction of sp³-hybridized carbons (Fsp3) is 0.818. The van der Waals surface area contributed by atoms with Crippen molar-refractivity contribution in [1.29, 1.82) is 0 Å². The van der Waals surface area contributed by atoms with Crippen molar-refractivity contribution < 1.29 is 24.5 Å². The molecular weight excluding hydrogens is 258 g/mol. The maximum atomic E-state index is 11.3. The molecule has 104 valence electrons. The Morgan fingerprint density at radius 3 is 2.44 bits per heavy atom. The molecule has 6 nitrogen and oxygen atoms in total. The topological polar surface area (TPSA) is 87.1 Å². The Kier molecular flexibility index (Phi) is 4.86. The molecule has 1 amide bonds. The van der Waals surface area contributed by atoms with Gasteiger partial charge in [-0.05, 0) is 31.8 Å². The van der Waals surface area contributed by atoms with E-state index in [1.807, 2.05) is 6.92 Å². The van der Waals surface area contributed by atoms with Crippen LogP contribution < -0.4 is 0 Å². The number of carboxylic acids is 1. The number of amides is 1. The highest BCUT2D eigenvalue weighted by molar-refractivity contribution is 7.99. The van der Waals surface area contributed by atoms with Crippen molar-refractivity contribution in [1.82, 2.24) is 4.90 Å². The Morgan fingerprint density at radius 1 is 1.39 bits per heavy atom. The van der Waals surface area contributed by atoms with Gasteiger partial charge in [0, 0.05) is 0 Å². The van der Waals surface area contributed by atoms with Gasteiger partial charge in [-0.1, -0.05) is 6.92 Å². The van der Waals surface area contributed by atoms with Gasteiger partial charge >= 0.3 is 12.1 Å². The van der Waals surface area contributed by atoms with Gasteiger partial charge in [0.25, 0.3) is 0 Å². The highest BCUT2D eigenvalue weighted by Crippen LogP contribution is 2.34. The van der Waals surface area contributed by atoms with Gasteiger partial charge in [-0.2, -0.15) is 11.8 Å². The van der Waals surface area contributed by atoms with Crippen LogP contribution in [0.2, 0.25) is 0 Å². The number of rotatable bonds is 5. The number of aliphatic carboxylic acids is 1. The predicted octanol–water partition coefficient (Wildman–Crippen LogP) is 1.70. The van der Waals surface area contributed by atoms with E-state index in [2.05, 4.69) is 0 Å².